The summed E-state index contributed by atoms with van der Waals surface area (Å²) in [5, 5.41) is 8.08. The molecule has 2 aromatic carbocycles. The molecule has 0 fully saturated rings. The highest BCUT2D eigenvalue weighted by Crippen LogP contribution is 2.15. The van der Waals surface area contributed by atoms with Gasteiger partial charge in [0, 0.05) is 16.3 Å². The van der Waals surface area contributed by atoms with Crippen molar-refractivity contribution in [2.75, 3.05) is 12.4 Å². The predicted octanol–water partition coefficient (Wildman–Crippen LogP) is 3.67. The molecule has 108 valence electrons. The van der Waals surface area contributed by atoms with Gasteiger partial charge in [-0.2, -0.15) is 5.10 Å². The van der Waals surface area contributed by atoms with Crippen molar-refractivity contribution < 1.29 is 4.74 Å². The molecular weight excluding hydrogens is 306 g/mol. The van der Waals surface area contributed by atoms with Gasteiger partial charge in [-0.1, -0.05) is 29.8 Å². The fourth-order valence-corrected chi connectivity index (χ4v) is 2.02. The lowest BCUT2D eigenvalue weighted by atomic mass is 10.2. The van der Waals surface area contributed by atoms with Crippen LogP contribution in [0.2, 0.25) is 5.02 Å². The van der Waals surface area contributed by atoms with E-state index in [1.165, 1.54) is 0 Å². The maximum Gasteiger partial charge on any atom is 0.191 e. The average Bonchev–Trinajstić information content (AvgIpc) is 2.47. The Labute approximate surface area is 133 Å². The fraction of sp³-hybridized carbons (Fsp3) is 0.0667. The molecule has 0 aliphatic heterocycles. The molecule has 0 radical (unpaired) electrons. The second kappa shape index (κ2) is 7.61. The van der Waals surface area contributed by atoms with E-state index >= 15 is 0 Å². The number of nitrogens with zero attached hydrogens (tertiary/aromatic N) is 1. The molecule has 4 nitrogen and oxygen atoms in total. The highest BCUT2D eigenvalue weighted by molar-refractivity contribution is 7.80. The molecule has 0 saturated heterocycles. The lowest BCUT2D eigenvalue weighted by Crippen LogP contribution is -2.23. The Hall–Kier alpha value is -2.11. The predicted molar refractivity (Wildman–Crippen MR) is 91.4 cm³/mol. The van der Waals surface area contributed by atoms with Crippen molar-refractivity contribution in [1.29, 1.82) is 0 Å². The summed E-state index contributed by atoms with van der Waals surface area (Å²) in [6, 6.07) is 14.8. The molecule has 0 unspecified atom stereocenters. The zero-order valence-corrected chi connectivity index (χ0v) is 12.9. The van der Waals surface area contributed by atoms with Crippen molar-refractivity contribution in [2.45, 2.75) is 0 Å². The molecule has 0 saturated carbocycles. The third kappa shape index (κ3) is 4.73. The van der Waals surface area contributed by atoms with Gasteiger partial charge in [0.05, 0.1) is 13.3 Å². The van der Waals surface area contributed by atoms with Crippen LogP contribution in [0.4, 0.5) is 5.69 Å². The van der Waals surface area contributed by atoms with Crippen LogP contribution >= 0.6 is 23.8 Å². The summed E-state index contributed by atoms with van der Waals surface area (Å²) in [5.41, 5.74) is 4.40. The first kappa shape index (κ1) is 15.3. The number of halogens is 1. The zero-order chi connectivity index (χ0) is 15.1. The number of thiocarbonyl (C=S) groups is 1. The number of nitrogens with one attached hydrogen (secondary N) is 2. The number of hydrogen-bond donors (Lipinski definition) is 2. The van der Waals surface area contributed by atoms with Crippen LogP contribution in [0.5, 0.6) is 5.75 Å². The molecule has 6 heteroatoms. The Kier molecular flexibility index (Phi) is 5.54. The number of ether oxygens (including phenoxy) is 1. The number of rotatable bonds is 4. The van der Waals surface area contributed by atoms with E-state index in [0.29, 0.717) is 10.1 Å². The van der Waals surface area contributed by atoms with Gasteiger partial charge in [0.1, 0.15) is 5.75 Å². The average molecular weight is 320 g/mol. The number of hydrogen-bond acceptors (Lipinski definition) is 3. The van der Waals surface area contributed by atoms with Gasteiger partial charge in [-0.3, -0.25) is 5.43 Å². The van der Waals surface area contributed by atoms with Crippen molar-refractivity contribution in [1.82, 2.24) is 5.43 Å². The maximum absolute atomic E-state index is 5.90. The van der Waals surface area contributed by atoms with Crippen molar-refractivity contribution >= 4 is 40.8 Å². The summed E-state index contributed by atoms with van der Waals surface area (Å²) >= 11 is 11.0. The van der Waals surface area contributed by atoms with E-state index in [1.807, 2.05) is 36.4 Å². The normalized spacial score (nSPS) is 10.4. The zero-order valence-electron chi connectivity index (χ0n) is 11.3. The Balaban J connectivity index is 1.93. The standard InChI is InChI=1S/C15H14ClN3OS/c1-20-14-8-3-2-5-11(14)10-17-19-15(21)18-13-7-4-6-12(16)9-13/h2-10H,1H3,(H2,18,19,21)/b17-10-. The monoisotopic (exact) mass is 319 g/mol. The largest absolute Gasteiger partial charge is 0.496 e. The summed E-state index contributed by atoms with van der Waals surface area (Å²) < 4.78 is 5.23. The topological polar surface area (TPSA) is 45.6 Å². The van der Waals surface area contributed by atoms with Crippen LogP contribution in [-0.2, 0) is 0 Å². The minimum Gasteiger partial charge on any atom is -0.496 e. The quantitative estimate of drug-likeness (QED) is 0.513. The van der Waals surface area contributed by atoms with Crippen molar-refractivity contribution in [3.63, 3.8) is 0 Å². The third-order valence-electron chi connectivity index (χ3n) is 2.59. The van der Waals surface area contributed by atoms with E-state index in [4.69, 9.17) is 28.6 Å². The van der Waals surface area contributed by atoms with Crippen LogP contribution in [0.1, 0.15) is 5.56 Å². The first-order chi connectivity index (χ1) is 10.2. The van der Waals surface area contributed by atoms with Crippen molar-refractivity contribution in [3.05, 3.63) is 59.1 Å². The molecule has 0 spiro atoms. The van der Waals surface area contributed by atoms with Gasteiger partial charge < -0.3 is 10.1 Å². The Morgan fingerprint density at radius 1 is 1.24 bits per heavy atom. The van der Waals surface area contributed by atoms with Gasteiger partial charge in [-0.25, -0.2) is 0 Å². The molecule has 0 heterocycles. The van der Waals surface area contributed by atoms with Crippen molar-refractivity contribution in [3.8, 4) is 5.75 Å². The number of benzene rings is 2. The number of para-hydroxylation sites is 1. The summed E-state index contributed by atoms with van der Waals surface area (Å²) in [6.07, 6.45) is 1.64. The number of hydrazone groups is 1. The third-order valence-corrected chi connectivity index (χ3v) is 3.02. The van der Waals surface area contributed by atoms with Gasteiger partial charge in [-0.15, -0.1) is 0 Å². The second-order valence-electron chi connectivity index (χ2n) is 4.08. The second-order valence-corrected chi connectivity index (χ2v) is 4.92. The molecule has 0 bridgehead atoms. The first-order valence-corrected chi connectivity index (χ1v) is 6.96. The van der Waals surface area contributed by atoms with Crippen LogP contribution in [-0.4, -0.2) is 18.4 Å². The van der Waals surface area contributed by atoms with E-state index < -0.39 is 0 Å². The van der Waals surface area contributed by atoms with E-state index in [0.717, 1.165) is 17.0 Å². The summed E-state index contributed by atoms with van der Waals surface area (Å²) in [4.78, 5) is 0. The fourth-order valence-electron chi connectivity index (χ4n) is 1.66. The van der Waals surface area contributed by atoms with E-state index in [9.17, 15) is 0 Å². The Bertz CT molecular complexity index is 661. The molecule has 0 aromatic heterocycles. The highest BCUT2D eigenvalue weighted by Gasteiger charge is 1.99. The minimum atomic E-state index is 0.378. The molecule has 0 aliphatic rings. The van der Waals surface area contributed by atoms with Crippen LogP contribution < -0.4 is 15.5 Å². The first-order valence-electron chi connectivity index (χ1n) is 6.17. The van der Waals surface area contributed by atoms with Crippen LogP contribution in [0.15, 0.2) is 53.6 Å². The lowest BCUT2D eigenvalue weighted by molar-refractivity contribution is 0.414. The van der Waals surface area contributed by atoms with Crippen LogP contribution in [0.3, 0.4) is 0 Å². The van der Waals surface area contributed by atoms with E-state index in [2.05, 4.69) is 15.8 Å². The number of methoxy groups -OCH3 is 1. The Morgan fingerprint density at radius 2 is 2.05 bits per heavy atom. The van der Waals surface area contributed by atoms with E-state index in [-0.39, 0.29) is 0 Å². The molecular formula is C15H14ClN3OS. The molecule has 2 aromatic rings. The lowest BCUT2D eigenvalue weighted by Gasteiger charge is -2.07. The SMILES string of the molecule is COc1ccccc1/C=N\NC(=S)Nc1cccc(Cl)c1. The summed E-state index contributed by atoms with van der Waals surface area (Å²) in [7, 11) is 1.62. The van der Waals surface area contributed by atoms with Crippen LogP contribution in [0, 0.1) is 0 Å². The smallest absolute Gasteiger partial charge is 0.191 e. The minimum absolute atomic E-state index is 0.378. The van der Waals surface area contributed by atoms with Crippen LogP contribution in [0.25, 0.3) is 0 Å². The highest BCUT2D eigenvalue weighted by atomic mass is 35.5. The molecule has 0 atom stereocenters. The molecule has 0 amide bonds. The Morgan fingerprint density at radius 3 is 2.81 bits per heavy atom. The molecule has 21 heavy (non-hydrogen) atoms. The summed E-state index contributed by atoms with van der Waals surface area (Å²) in [5.74, 6) is 0.747. The summed E-state index contributed by atoms with van der Waals surface area (Å²) in [6.45, 7) is 0. The maximum atomic E-state index is 5.90. The van der Waals surface area contributed by atoms with Gasteiger partial charge in [-0.05, 0) is 42.5 Å². The van der Waals surface area contributed by atoms with Gasteiger partial charge in [0.15, 0.2) is 5.11 Å². The van der Waals surface area contributed by atoms with Gasteiger partial charge in [0.25, 0.3) is 0 Å². The number of anilines is 1. The molecule has 2 N–H and O–H groups in total. The van der Waals surface area contributed by atoms with Gasteiger partial charge >= 0.3 is 0 Å². The molecule has 2 rings (SSSR count). The van der Waals surface area contributed by atoms with E-state index in [1.54, 1.807) is 25.5 Å². The molecule has 0 aliphatic carbocycles. The van der Waals surface area contributed by atoms with Gasteiger partial charge in [0.2, 0.25) is 0 Å². The van der Waals surface area contributed by atoms with Crippen molar-refractivity contribution in [2.24, 2.45) is 5.10 Å².